The molecule has 0 atom stereocenters. The number of carbonyl (C=O) groups excluding carboxylic acids is 1. The van der Waals surface area contributed by atoms with E-state index in [0.717, 1.165) is 22.2 Å². The maximum absolute atomic E-state index is 10.6. The quantitative estimate of drug-likeness (QED) is 0.837. The third-order valence-electron chi connectivity index (χ3n) is 2.47. The van der Waals surface area contributed by atoms with Gasteiger partial charge in [0, 0.05) is 17.1 Å². The van der Waals surface area contributed by atoms with E-state index >= 15 is 0 Å². The number of rotatable bonds is 3. The maximum Gasteiger partial charge on any atom is 0.211 e. The molecule has 94 valence electrons. The molecule has 3 nitrogen and oxygen atoms in total. The van der Waals surface area contributed by atoms with Gasteiger partial charge in [0.05, 0.1) is 0 Å². The van der Waals surface area contributed by atoms with Gasteiger partial charge in [0.1, 0.15) is 11.4 Å². The Morgan fingerprint density at radius 1 is 1.17 bits per heavy atom. The van der Waals surface area contributed by atoms with E-state index in [1.54, 1.807) is 0 Å². The second-order valence-corrected chi connectivity index (χ2v) is 5.17. The molecule has 18 heavy (non-hydrogen) atoms. The van der Waals surface area contributed by atoms with Crippen LogP contribution >= 0.6 is 0 Å². The highest BCUT2D eigenvalue weighted by Crippen LogP contribution is 2.32. The molecule has 0 saturated carbocycles. The zero-order chi connectivity index (χ0) is 13.2. The normalized spacial score (nSPS) is 11.3. The lowest BCUT2D eigenvalue weighted by atomic mass is 10.1. The molecule has 0 unspecified atom stereocenters. The SMILES string of the molecule is CC(C)(C)Oc1cc(NC=O)cc2ccccc12. The van der Waals surface area contributed by atoms with E-state index < -0.39 is 0 Å². The maximum atomic E-state index is 10.6. The molecule has 2 aromatic carbocycles. The molecule has 0 fully saturated rings. The number of fused-ring (bicyclic) bond motifs is 1. The van der Waals surface area contributed by atoms with Gasteiger partial charge in [-0.1, -0.05) is 24.3 Å². The Labute approximate surface area is 107 Å². The Bertz CT molecular complexity index is 570. The molecular formula is C15H17NO2. The Morgan fingerprint density at radius 2 is 1.89 bits per heavy atom. The zero-order valence-electron chi connectivity index (χ0n) is 10.9. The minimum absolute atomic E-state index is 0.275. The van der Waals surface area contributed by atoms with E-state index in [0.29, 0.717) is 6.41 Å². The molecule has 1 amide bonds. The summed E-state index contributed by atoms with van der Waals surface area (Å²) in [5, 5.41) is 4.76. The van der Waals surface area contributed by atoms with Crippen molar-refractivity contribution in [2.45, 2.75) is 26.4 Å². The van der Waals surface area contributed by atoms with Crippen molar-refractivity contribution in [1.82, 2.24) is 0 Å². The van der Waals surface area contributed by atoms with Gasteiger partial charge in [0.2, 0.25) is 6.41 Å². The van der Waals surface area contributed by atoms with Crippen LogP contribution in [0.2, 0.25) is 0 Å². The molecule has 0 bridgehead atoms. The van der Waals surface area contributed by atoms with Crippen molar-refractivity contribution < 1.29 is 9.53 Å². The third-order valence-corrected chi connectivity index (χ3v) is 2.47. The number of nitrogens with one attached hydrogen (secondary N) is 1. The summed E-state index contributed by atoms with van der Waals surface area (Å²) in [6.07, 6.45) is 0.672. The zero-order valence-corrected chi connectivity index (χ0v) is 10.9. The number of anilines is 1. The average Bonchev–Trinajstić information content (AvgIpc) is 2.27. The van der Waals surface area contributed by atoms with Crippen molar-refractivity contribution in [3.8, 4) is 5.75 Å². The van der Waals surface area contributed by atoms with Gasteiger partial charge in [-0.3, -0.25) is 4.79 Å². The molecule has 0 spiro atoms. The Balaban J connectivity index is 2.56. The summed E-state index contributed by atoms with van der Waals surface area (Å²) in [7, 11) is 0. The van der Waals surface area contributed by atoms with E-state index in [4.69, 9.17) is 4.74 Å². The second-order valence-electron chi connectivity index (χ2n) is 5.17. The topological polar surface area (TPSA) is 38.3 Å². The van der Waals surface area contributed by atoms with Gasteiger partial charge >= 0.3 is 0 Å². The van der Waals surface area contributed by atoms with Crippen LogP contribution in [0.15, 0.2) is 36.4 Å². The third kappa shape index (κ3) is 2.80. The van der Waals surface area contributed by atoms with Crippen molar-refractivity contribution in [3.63, 3.8) is 0 Å². The summed E-state index contributed by atoms with van der Waals surface area (Å²) in [5.74, 6) is 0.782. The van der Waals surface area contributed by atoms with Crippen molar-refractivity contribution in [3.05, 3.63) is 36.4 Å². The molecule has 3 heteroatoms. The molecule has 0 radical (unpaired) electrons. The fourth-order valence-corrected chi connectivity index (χ4v) is 1.84. The molecule has 2 rings (SSSR count). The van der Waals surface area contributed by atoms with E-state index in [-0.39, 0.29) is 5.60 Å². The first-order chi connectivity index (χ1) is 8.49. The molecular weight excluding hydrogens is 226 g/mol. The van der Waals surface area contributed by atoms with E-state index in [1.165, 1.54) is 0 Å². The van der Waals surface area contributed by atoms with E-state index in [1.807, 2.05) is 57.2 Å². The number of carbonyl (C=O) groups is 1. The van der Waals surface area contributed by atoms with Crippen LogP contribution in [0.25, 0.3) is 10.8 Å². The minimum Gasteiger partial charge on any atom is -0.487 e. The first-order valence-corrected chi connectivity index (χ1v) is 5.91. The first kappa shape index (κ1) is 12.4. The lowest BCUT2D eigenvalue weighted by molar-refractivity contribution is -0.105. The molecule has 0 aliphatic carbocycles. The predicted molar refractivity (Wildman–Crippen MR) is 74.0 cm³/mol. The summed E-state index contributed by atoms with van der Waals surface area (Å²) in [5.41, 5.74) is 0.464. The molecule has 0 aliphatic heterocycles. The van der Waals surface area contributed by atoms with Crippen LogP contribution in [0.3, 0.4) is 0 Å². The number of benzene rings is 2. The van der Waals surface area contributed by atoms with Crippen molar-refractivity contribution in [1.29, 1.82) is 0 Å². The Morgan fingerprint density at radius 3 is 2.56 bits per heavy atom. The van der Waals surface area contributed by atoms with E-state index in [2.05, 4.69) is 5.32 Å². The summed E-state index contributed by atoms with van der Waals surface area (Å²) in [6, 6.07) is 11.7. The van der Waals surface area contributed by atoms with Crippen LogP contribution in [0.1, 0.15) is 20.8 Å². The fourth-order valence-electron chi connectivity index (χ4n) is 1.84. The van der Waals surface area contributed by atoms with Gasteiger partial charge < -0.3 is 10.1 Å². The second kappa shape index (κ2) is 4.69. The minimum atomic E-state index is -0.275. The highest BCUT2D eigenvalue weighted by molar-refractivity contribution is 5.93. The molecule has 0 aliphatic rings. The molecule has 2 aromatic rings. The molecule has 0 aromatic heterocycles. The lowest BCUT2D eigenvalue weighted by Crippen LogP contribution is -2.23. The molecule has 0 saturated heterocycles. The van der Waals surface area contributed by atoms with Crippen LogP contribution in [0.5, 0.6) is 5.75 Å². The summed E-state index contributed by atoms with van der Waals surface area (Å²) >= 11 is 0. The van der Waals surface area contributed by atoms with Crippen LogP contribution in [0, 0.1) is 0 Å². The van der Waals surface area contributed by atoms with Crippen LogP contribution in [0.4, 0.5) is 5.69 Å². The molecule has 1 N–H and O–H groups in total. The van der Waals surface area contributed by atoms with E-state index in [9.17, 15) is 4.79 Å². The van der Waals surface area contributed by atoms with Crippen LogP contribution in [-0.2, 0) is 4.79 Å². The monoisotopic (exact) mass is 243 g/mol. The largest absolute Gasteiger partial charge is 0.487 e. The van der Waals surface area contributed by atoms with Gasteiger partial charge in [-0.15, -0.1) is 0 Å². The lowest BCUT2D eigenvalue weighted by Gasteiger charge is -2.23. The Hall–Kier alpha value is -2.03. The predicted octanol–water partition coefficient (Wildman–Crippen LogP) is 3.59. The summed E-state index contributed by atoms with van der Waals surface area (Å²) in [6.45, 7) is 6.00. The number of hydrogen-bond acceptors (Lipinski definition) is 2. The van der Waals surface area contributed by atoms with Gasteiger partial charge in [-0.25, -0.2) is 0 Å². The number of amides is 1. The van der Waals surface area contributed by atoms with Gasteiger partial charge in [-0.05, 0) is 32.2 Å². The molecule has 0 heterocycles. The summed E-state index contributed by atoms with van der Waals surface area (Å²) in [4.78, 5) is 10.6. The fraction of sp³-hybridized carbons (Fsp3) is 0.267. The number of ether oxygens (including phenoxy) is 1. The summed E-state index contributed by atoms with van der Waals surface area (Å²) < 4.78 is 5.95. The smallest absolute Gasteiger partial charge is 0.211 e. The highest BCUT2D eigenvalue weighted by Gasteiger charge is 2.14. The average molecular weight is 243 g/mol. The van der Waals surface area contributed by atoms with Gasteiger partial charge in [-0.2, -0.15) is 0 Å². The Kier molecular flexibility index (Phi) is 3.24. The van der Waals surface area contributed by atoms with Crippen LogP contribution in [-0.4, -0.2) is 12.0 Å². The van der Waals surface area contributed by atoms with Crippen molar-refractivity contribution in [2.75, 3.05) is 5.32 Å². The van der Waals surface area contributed by atoms with Gasteiger partial charge in [0.25, 0.3) is 0 Å². The van der Waals surface area contributed by atoms with Crippen LogP contribution < -0.4 is 10.1 Å². The van der Waals surface area contributed by atoms with Crippen molar-refractivity contribution >= 4 is 22.9 Å². The first-order valence-electron chi connectivity index (χ1n) is 5.91. The van der Waals surface area contributed by atoms with Crippen molar-refractivity contribution in [2.24, 2.45) is 0 Å². The standard InChI is InChI=1S/C15H17NO2/c1-15(2,3)18-14-9-12(16-10-17)8-11-6-4-5-7-13(11)14/h4-10H,1-3H3,(H,16,17). The number of hydrogen-bond donors (Lipinski definition) is 1. The van der Waals surface area contributed by atoms with Gasteiger partial charge in [0.15, 0.2) is 0 Å². The highest BCUT2D eigenvalue weighted by atomic mass is 16.5.